The number of aromatic nitrogens is 2. The third-order valence-corrected chi connectivity index (χ3v) is 3.87. The fraction of sp³-hybridized carbons (Fsp3) is 0.267. The zero-order chi connectivity index (χ0) is 16.7. The molecule has 1 aliphatic rings. The van der Waals surface area contributed by atoms with Gasteiger partial charge < -0.3 is 10.4 Å². The van der Waals surface area contributed by atoms with Gasteiger partial charge in [0.2, 0.25) is 0 Å². The molecule has 1 heterocycles. The molecule has 0 radical (unpaired) electrons. The minimum atomic E-state index is -1.26. The predicted octanol–water partition coefficient (Wildman–Crippen LogP) is 1.68. The molecule has 0 aliphatic heterocycles. The van der Waals surface area contributed by atoms with Crippen LogP contribution < -0.4 is 5.32 Å². The second-order valence-electron chi connectivity index (χ2n) is 5.40. The maximum atomic E-state index is 13.7. The summed E-state index contributed by atoms with van der Waals surface area (Å²) in [6.07, 6.45) is 1.56. The van der Waals surface area contributed by atoms with E-state index in [4.69, 9.17) is 5.11 Å². The molecule has 1 amide bonds. The monoisotopic (exact) mass is 321 g/mol. The smallest absolute Gasteiger partial charge is 0.339 e. The van der Waals surface area contributed by atoms with Crippen LogP contribution in [0.4, 0.5) is 8.78 Å². The first-order chi connectivity index (χ1) is 10.9. The lowest BCUT2D eigenvalue weighted by atomic mass is 10.1. The number of halogens is 2. The second kappa shape index (κ2) is 5.45. The van der Waals surface area contributed by atoms with Crippen LogP contribution in [0.2, 0.25) is 0 Å². The van der Waals surface area contributed by atoms with Crippen LogP contribution in [0.1, 0.15) is 38.7 Å². The van der Waals surface area contributed by atoms with E-state index in [1.807, 2.05) is 0 Å². The molecule has 0 saturated heterocycles. The molecule has 1 fully saturated rings. The zero-order valence-electron chi connectivity index (χ0n) is 12.1. The number of hydrogen-bond acceptors (Lipinski definition) is 3. The number of benzene rings is 1. The van der Waals surface area contributed by atoms with E-state index in [9.17, 15) is 18.4 Å². The molecular formula is C15H13F2N3O3. The lowest BCUT2D eigenvalue weighted by Crippen LogP contribution is -2.30. The summed E-state index contributed by atoms with van der Waals surface area (Å²) in [5.41, 5.74) is -0.0826. The summed E-state index contributed by atoms with van der Waals surface area (Å²) in [6, 6.07) is 3.55. The van der Waals surface area contributed by atoms with Crippen molar-refractivity contribution in [2.75, 3.05) is 0 Å². The maximum absolute atomic E-state index is 13.7. The fourth-order valence-electron chi connectivity index (χ4n) is 2.61. The first-order valence-electron chi connectivity index (χ1n) is 6.90. The van der Waals surface area contributed by atoms with Crippen molar-refractivity contribution in [3.05, 3.63) is 52.9 Å². The molecule has 2 atom stereocenters. The van der Waals surface area contributed by atoms with Crippen LogP contribution >= 0.6 is 0 Å². The van der Waals surface area contributed by atoms with Crippen molar-refractivity contribution in [2.45, 2.75) is 18.4 Å². The van der Waals surface area contributed by atoms with Gasteiger partial charge in [0, 0.05) is 19.0 Å². The quantitative estimate of drug-likeness (QED) is 0.897. The highest BCUT2D eigenvalue weighted by Crippen LogP contribution is 2.42. The number of nitrogens with zero attached hydrogens (tertiary/aromatic N) is 2. The number of aromatic carboxylic acids is 1. The summed E-state index contributed by atoms with van der Waals surface area (Å²) in [4.78, 5) is 23.3. The van der Waals surface area contributed by atoms with Gasteiger partial charge in [-0.05, 0) is 18.1 Å². The Hall–Kier alpha value is -2.77. The topological polar surface area (TPSA) is 84.2 Å². The molecule has 0 bridgehead atoms. The highest BCUT2D eigenvalue weighted by atomic mass is 19.2. The standard InChI is InChI=1S/C15H13F2N3O3/c1-20-13(9(6-18-20)15(22)23)14(21)19-11-5-8(11)7-3-2-4-10(16)12(7)17/h2-4,6,8,11H,5H2,1H3,(H,19,21)(H,22,23)/t8-,11+/m0/s1. The van der Waals surface area contributed by atoms with E-state index in [-0.39, 0.29) is 28.8 Å². The average Bonchev–Trinajstić information content (AvgIpc) is 3.12. The van der Waals surface area contributed by atoms with Crippen molar-refractivity contribution in [3.8, 4) is 0 Å². The Morgan fingerprint density at radius 1 is 1.39 bits per heavy atom. The van der Waals surface area contributed by atoms with Crippen molar-refractivity contribution in [1.82, 2.24) is 15.1 Å². The zero-order valence-corrected chi connectivity index (χ0v) is 12.1. The van der Waals surface area contributed by atoms with Crippen molar-refractivity contribution in [2.24, 2.45) is 7.05 Å². The van der Waals surface area contributed by atoms with Gasteiger partial charge in [0.25, 0.3) is 5.91 Å². The summed E-state index contributed by atoms with van der Waals surface area (Å²) in [7, 11) is 1.46. The van der Waals surface area contributed by atoms with E-state index in [2.05, 4.69) is 10.4 Å². The van der Waals surface area contributed by atoms with Gasteiger partial charge in [0.05, 0.1) is 6.20 Å². The molecule has 120 valence electrons. The van der Waals surface area contributed by atoms with Gasteiger partial charge in [0.1, 0.15) is 11.3 Å². The highest BCUT2D eigenvalue weighted by molar-refractivity contribution is 6.03. The Kier molecular flexibility index (Phi) is 3.59. The van der Waals surface area contributed by atoms with Crippen molar-refractivity contribution in [1.29, 1.82) is 0 Å². The van der Waals surface area contributed by atoms with Gasteiger partial charge in [0.15, 0.2) is 11.6 Å². The first kappa shape index (κ1) is 15.1. The minimum Gasteiger partial charge on any atom is -0.478 e. The van der Waals surface area contributed by atoms with Crippen molar-refractivity contribution < 1.29 is 23.5 Å². The third kappa shape index (κ3) is 2.67. The average molecular weight is 321 g/mol. The number of hydrogen-bond donors (Lipinski definition) is 2. The van der Waals surface area contributed by atoms with Crippen LogP contribution in [0, 0.1) is 11.6 Å². The molecule has 2 aromatic rings. The number of carboxylic acid groups (broad SMARTS) is 1. The van der Waals surface area contributed by atoms with E-state index in [1.54, 1.807) is 0 Å². The number of aryl methyl sites for hydroxylation is 1. The number of carbonyl (C=O) groups is 2. The van der Waals surface area contributed by atoms with Crippen molar-refractivity contribution >= 4 is 11.9 Å². The number of carboxylic acids is 1. The van der Waals surface area contributed by atoms with Crippen LogP contribution in [0.3, 0.4) is 0 Å². The molecule has 3 rings (SSSR count). The van der Waals surface area contributed by atoms with Gasteiger partial charge in [-0.2, -0.15) is 5.10 Å². The normalized spacial score (nSPS) is 19.4. The summed E-state index contributed by atoms with van der Waals surface area (Å²) >= 11 is 0. The molecule has 1 aromatic carbocycles. The number of rotatable bonds is 4. The Balaban J connectivity index is 1.75. The summed E-state index contributed by atoms with van der Waals surface area (Å²) < 4.78 is 28.1. The van der Waals surface area contributed by atoms with Gasteiger partial charge in [-0.25, -0.2) is 13.6 Å². The Morgan fingerprint density at radius 2 is 2.13 bits per heavy atom. The number of carbonyl (C=O) groups excluding carboxylic acids is 1. The minimum absolute atomic E-state index is 0.0807. The molecule has 1 aliphatic carbocycles. The second-order valence-corrected chi connectivity index (χ2v) is 5.40. The van der Waals surface area contributed by atoms with E-state index >= 15 is 0 Å². The number of amides is 1. The van der Waals surface area contributed by atoms with E-state index in [1.165, 1.54) is 23.9 Å². The van der Waals surface area contributed by atoms with E-state index in [0.717, 1.165) is 12.3 Å². The van der Waals surface area contributed by atoms with E-state index in [0.29, 0.717) is 6.42 Å². The van der Waals surface area contributed by atoms with Crippen LogP contribution in [-0.4, -0.2) is 32.8 Å². The molecule has 6 nitrogen and oxygen atoms in total. The molecule has 1 aromatic heterocycles. The van der Waals surface area contributed by atoms with Crippen LogP contribution in [0.25, 0.3) is 0 Å². The molecule has 8 heteroatoms. The van der Waals surface area contributed by atoms with Crippen molar-refractivity contribution in [3.63, 3.8) is 0 Å². The Bertz CT molecular complexity index is 803. The molecule has 0 spiro atoms. The van der Waals surface area contributed by atoms with E-state index < -0.39 is 23.5 Å². The molecule has 2 N–H and O–H groups in total. The summed E-state index contributed by atoms with van der Waals surface area (Å²) in [5, 5.41) is 15.4. The lowest BCUT2D eigenvalue weighted by molar-refractivity contribution is 0.0690. The Labute approximate surface area is 129 Å². The molecular weight excluding hydrogens is 308 g/mol. The first-order valence-corrected chi connectivity index (χ1v) is 6.90. The van der Waals surface area contributed by atoms with Gasteiger partial charge in [-0.3, -0.25) is 9.48 Å². The summed E-state index contributed by atoms with van der Waals surface area (Å²) in [6.45, 7) is 0. The Morgan fingerprint density at radius 3 is 2.83 bits per heavy atom. The van der Waals surface area contributed by atoms with Gasteiger partial charge >= 0.3 is 5.97 Å². The molecule has 1 saturated carbocycles. The number of nitrogens with one attached hydrogen (secondary N) is 1. The van der Waals surface area contributed by atoms with Crippen LogP contribution in [-0.2, 0) is 7.05 Å². The molecule has 0 unspecified atom stereocenters. The third-order valence-electron chi connectivity index (χ3n) is 3.87. The largest absolute Gasteiger partial charge is 0.478 e. The predicted molar refractivity (Wildman–Crippen MR) is 75.1 cm³/mol. The van der Waals surface area contributed by atoms with Gasteiger partial charge in [-0.15, -0.1) is 0 Å². The van der Waals surface area contributed by atoms with Crippen LogP contribution in [0.15, 0.2) is 24.4 Å². The van der Waals surface area contributed by atoms with Gasteiger partial charge in [-0.1, -0.05) is 12.1 Å². The fourth-order valence-corrected chi connectivity index (χ4v) is 2.61. The highest BCUT2D eigenvalue weighted by Gasteiger charge is 2.42. The lowest BCUT2D eigenvalue weighted by Gasteiger charge is -2.07. The van der Waals surface area contributed by atoms with Crippen LogP contribution in [0.5, 0.6) is 0 Å². The maximum Gasteiger partial charge on any atom is 0.339 e. The SMILES string of the molecule is Cn1ncc(C(=O)O)c1C(=O)N[C@@H]1C[C@H]1c1cccc(F)c1F. The molecule has 23 heavy (non-hydrogen) atoms. The summed E-state index contributed by atoms with van der Waals surface area (Å²) in [5.74, 6) is -4.03.